The molecule has 6 nitrogen and oxygen atoms in total. The van der Waals surface area contributed by atoms with E-state index in [1.54, 1.807) is 24.3 Å². The van der Waals surface area contributed by atoms with Gasteiger partial charge in [-0.15, -0.1) is 0 Å². The lowest BCUT2D eigenvalue weighted by atomic mass is 10.2. The van der Waals surface area contributed by atoms with Crippen molar-refractivity contribution in [1.82, 2.24) is 5.32 Å². The molecule has 0 unspecified atom stereocenters. The van der Waals surface area contributed by atoms with E-state index in [2.05, 4.69) is 5.32 Å². The average molecular weight is 332 g/mol. The van der Waals surface area contributed by atoms with Crippen molar-refractivity contribution in [2.45, 2.75) is 19.4 Å². The fraction of sp³-hybridized carbons (Fsp3) is 0.235. The molecule has 0 saturated heterocycles. The summed E-state index contributed by atoms with van der Waals surface area (Å²) in [5.41, 5.74) is 0.708. The Labute approximate surface area is 138 Å². The third kappa shape index (κ3) is 5.35. The van der Waals surface area contributed by atoms with Crippen LogP contribution < -0.4 is 10.1 Å². The Morgan fingerprint density at radius 1 is 1.17 bits per heavy atom. The molecule has 2 aromatic rings. The second-order valence-corrected chi connectivity index (χ2v) is 5.08. The highest BCUT2D eigenvalue weighted by Gasteiger charge is 2.13. The largest absolute Gasteiger partial charge is 0.487 e. The van der Waals surface area contributed by atoms with Gasteiger partial charge in [0.1, 0.15) is 5.82 Å². The standard InChI is InChI=1S/C17H17FN2O4/c18-14-9-7-13(8-10-14)12-19-17(21)6-3-11-24-16-5-2-1-4-15(16)20(22)23/h1-2,4-5,7-10H,3,6,11-12H2,(H,19,21). The molecule has 0 heterocycles. The molecule has 0 aliphatic carbocycles. The van der Waals surface area contributed by atoms with Gasteiger partial charge in [-0.3, -0.25) is 14.9 Å². The van der Waals surface area contributed by atoms with Crippen molar-refractivity contribution in [3.63, 3.8) is 0 Å². The molecule has 24 heavy (non-hydrogen) atoms. The Morgan fingerprint density at radius 3 is 2.58 bits per heavy atom. The molecule has 1 amide bonds. The minimum absolute atomic E-state index is 0.0988. The van der Waals surface area contributed by atoms with E-state index in [0.29, 0.717) is 13.0 Å². The molecule has 0 spiro atoms. The summed E-state index contributed by atoms with van der Waals surface area (Å²) < 4.78 is 18.1. The van der Waals surface area contributed by atoms with Gasteiger partial charge in [-0.25, -0.2) is 4.39 Å². The molecule has 0 atom stereocenters. The molecule has 0 saturated carbocycles. The van der Waals surface area contributed by atoms with Gasteiger partial charge >= 0.3 is 5.69 Å². The average Bonchev–Trinajstić information content (AvgIpc) is 2.58. The highest BCUT2D eigenvalue weighted by molar-refractivity contribution is 5.75. The van der Waals surface area contributed by atoms with Crippen LogP contribution in [0, 0.1) is 15.9 Å². The predicted molar refractivity (Wildman–Crippen MR) is 86.1 cm³/mol. The van der Waals surface area contributed by atoms with Crippen LogP contribution in [-0.4, -0.2) is 17.4 Å². The van der Waals surface area contributed by atoms with Gasteiger partial charge in [0.05, 0.1) is 11.5 Å². The summed E-state index contributed by atoms with van der Waals surface area (Å²) >= 11 is 0. The Kier molecular flexibility index (Phi) is 6.24. The van der Waals surface area contributed by atoms with Crippen LogP contribution in [0.25, 0.3) is 0 Å². The zero-order chi connectivity index (χ0) is 17.4. The maximum atomic E-state index is 12.8. The van der Waals surface area contributed by atoms with Crippen molar-refractivity contribution in [3.05, 3.63) is 70.0 Å². The molecule has 0 aliphatic rings. The molecule has 0 radical (unpaired) electrons. The first-order chi connectivity index (χ1) is 11.6. The number of amides is 1. The summed E-state index contributed by atoms with van der Waals surface area (Å²) in [7, 11) is 0. The number of carbonyl (C=O) groups excluding carboxylic acids is 1. The number of benzene rings is 2. The second-order valence-electron chi connectivity index (χ2n) is 5.08. The van der Waals surface area contributed by atoms with Crippen molar-refractivity contribution < 1.29 is 18.8 Å². The van der Waals surface area contributed by atoms with Gasteiger partial charge in [0, 0.05) is 19.0 Å². The fourth-order valence-corrected chi connectivity index (χ4v) is 2.04. The van der Waals surface area contributed by atoms with E-state index >= 15 is 0 Å². The molecule has 2 aromatic carbocycles. The minimum atomic E-state index is -0.509. The molecule has 1 N–H and O–H groups in total. The first-order valence-corrected chi connectivity index (χ1v) is 7.43. The molecule has 2 rings (SSSR count). The highest BCUT2D eigenvalue weighted by atomic mass is 19.1. The fourth-order valence-electron chi connectivity index (χ4n) is 2.04. The van der Waals surface area contributed by atoms with E-state index in [1.807, 2.05) is 0 Å². The number of nitrogens with zero attached hydrogens (tertiary/aromatic N) is 1. The van der Waals surface area contributed by atoms with Crippen molar-refractivity contribution in [2.75, 3.05) is 6.61 Å². The van der Waals surface area contributed by atoms with Crippen LogP contribution in [0.15, 0.2) is 48.5 Å². The lowest BCUT2D eigenvalue weighted by Crippen LogP contribution is -2.23. The van der Waals surface area contributed by atoms with E-state index in [-0.39, 0.29) is 36.2 Å². The monoisotopic (exact) mass is 332 g/mol. The minimum Gasteiger partial charge on any atom is -0.487 e. The summed E-state index contributed by atoms with van der Waals surface area (Å²) in [5.74, 6) is -0.295. The van der Waals surface area contributed by atoms with Crippen molar-refractivity contribution in [2.24, 2.45) is 0 Å². The predicted octanol–water partition coefficient (Wildman–Crippen LogP) is 3.21. The van der Waals surface area contributed by atoms with Crippen LogP contribution in [0.2, 0.25) is 0 Å². The summed E-state index contributed by atoms with van der Waals surface area (Å²) in [4.78, 5) is 22.1. The van der Waals surface area contributed by atoms with Gasteiger partial charge in [0.15, 0.2) is 5.75 Å². The van der Waals surface area contributed by atoms with Gasteiger partial charge in [0.2, 0.25) is 5.91 Å². The molecule has 0 aromatic heterocycles. The zero-order valence-electron chi connectivity index (χ0n) is 12.9. The Morgan fingerprint density at radius 2 is 1.88 bits per heavy atom. The normalized spacial score (nSPS) is 10.2. The van der Waals surface area contributed by atoms with Crippen molar-refractivity contribution in [3.8, 4) is 5.75 Å². The van der Waals surface area contributed by atoms with Crippen LogP contribution in [0.1, 0.15) is 18.4 Å². The van der Waals surface area contributed by atoms with Crippen LogP contribution in [0.5, 0.6) is 5.75 Å². The van der Waals surface area contributed by atoms with Crippen LogP contribution in [0.4, 0.5) is 10.1 Å². The number of rotatable bonds is 8. The van der Waals surface area contributed by atoms with Gasteiger partial charge < -0.3 is 10.1 Å². The molecule has 0 bridgehead atoms. The summed E-state index contributed by atoms with van der Waals surface area (Å²) in [5, 5.41) is 13.6. The van der Waals surface area contributed by atoms with E-state index < -0.39 is 4.92 Å². The van der Waals surface area contributed by atoms with Gasteiger partial charge in [0.25, 0.3) is 0 Å². The maximum Gasteiger partial charge on any atom is 0.310 e. The first kappa shape index (κ1) is 17.4. The summed E-state index contributed by atoms with van der Waals surface area (Å²) in [6, 6.07) is 12.0. The summed E-state index contributed by atoms with van der Waals surface area (Å²) in [6.07, 6.45) is 0.670. The molecule has 126 valence electrons. The van der Waals surface area contributed by atoms with E-state index in [1.165, 1.54) is 24.3 Å². The van der Waals surface area contributed by atoms with E-state index in [9.17, 15) is 19.3 Å². The number of hydrogen-bond donors (Lipinski definition) is 1. The molecule has 0 fully saturated rings. The third-order valence-electron chi connectivity index (χ3n) is 3.27. The zero-order valence-corrected chi connectivity index (χ0v) is 12.9. The lowest BCUT2D eigenvalue weighted by Gasteiger charge is -2.07. The Bertz CT molecular complexity index is 704. The highest BCUT2D eigenvalue weighted by Crippen LogP contribution is 2.25. The van der Waals surface area contributed by atoms with Gasteiger partial charge in [-0.2, -0.15) is 0 Å². The molecular formula is C17H17FN2O4. The first-order valence-electron chi connectivity index (χ1n) is 7.43. The number of halogens is 1. The Hall–Kier alpha value is -2.96. The summed E-state index contributed by atoms with van der Waals surface area (Å²) in [6.45, 7) is 0.527. The molecular weight excluding hydrogens is 315 g/mol. The SMILES string of the molecule is O=C(CCCOc1ccccc1[N+](=O)[O-])NCc1ccc(F)cc1. The quantitative estimate of drug-likeness (QED) is 0.457. The van der Waals surface area contributed by atoms with E-state index in [0.717, 1.165) is 5.56 Å². The topological polar surface area (TPSA) is 81.5 Å². The number of para-hydroxylation sites is 2. The number of nitro benzene ring substituents is 1. The van der Waals surface area contributed by atoms with E-state index in [4.69, 9.17) is 4.74 Å². The molecule has 7 heteroatoms. The van der Waals surface area contributed by atoms with Crippen LogP contribution in [-0.2, 0) is 11.3 Å². The molecule has 0 aliphatic heterocycles. The third-order valence-corrected chi connectivity index (χ3v) is 3.27. The number of hydrogen-bond acceptors (Lipinski definition) is 4. The second kappa shape index (κ2) is 8.61. The van der Waals surface area contributed by atoms with Gasteiger partial charge in [-0.05, 0) is 30.2 Å². The smallest absolute Gasteiger partial charge is 0.310 e. The number of ether oxygens (including phenoxy) is 1. The van der Waals surface area contributed by atoms with Crippen LogP contribution in [0.3, 0.4) is 0 Å². The number of nitro groups is 1. The Balaban J connectivity index is 1.69. The maximum absolute atomic E-state index is 12.8. The van der Waals surface area contributed by atoms with Crippen LogP contribution >= 0.6 is 0 Å². The number of nitrogens with one attached hydrogen (secondary N) is 1. The van der Waals surface area contributed by atoms with Crippen molar-refractivity contribution >= 4 is 11.6 Å². The number of carbonyl (C=O) groups is 1. The van der Waals surface area contributed by atoms with Crippen molar-refractivity contribution in [1.29, 1.82) is 0 Å². The van der Waals surface area contributed by atoms with Gasteiger partial charge in [-0.1, -0.05) is 24.3 Å². The lowest BCUT2D eigenvalue weighted by molar-refractivity contribution is -0.385.